The molecule has 3 aromatic rings. The summed E-state index contributed by atoms with van der Waals surface area (Å²) in [7, 11) is 0. The molecule has 0 aliphatic carbocycles. The van der Waals surface area contributed by atoms with E-state index in [-0.39, 0.29) is 11.9 Å². The molecule has 8 nitrogen and oxygen atoms in total. The zero-order valence-electron chi connectivity index (χ0n) is 16.6. The van der Waals surface area contributed by atoms with E-state index in [9.17, 15) is 18.0 Å². The molecule has 2 N–H and O–H groups in total. The van der Waals surface area contributed by atoms with E-state index in [2.05, 4.69) is 20.2 Å². The summed E-state index contributed by atoms with van der Waals surface area (Å²) < 4.78 is 41.3. The number of hydrogen-bond donors (Lipinski definition) is 1. The Bertz CT molecular complexity index is 1000. The van der Waals surface area contributed by atoms with Crippen LogP contribution in [-0.2, 0) is 19.1 Å². The smallest absolute Gasteiger partial charge is 0.363 e. The Labute approximate surface area is 170 Å². The average Bonchev–Trinajstić information content (AvgIpc) is 3.35. The Hall–Kier alpha value is -3.24. The number of fused-ring (bicyclic) bond motifs is 1. The quantitative estimate of drug-likeness (QED) is 0.699. The van der Waals surface area contributed by atoms with Gasteiger partial charge in [-0.2, -0.15) is 18.3 Å². The number of aromatic nitrogens is 6. The van der Waals surface area contributed by atoms with Gasteiger partial charge in [0.25, 0.3) is 5.91 Å². The largest absolute Gasteiger partial charge is 0.433 e. The van der Waals surface area contributed by atoms with Crippen LogP contribution in [0.3, 0.4) is 0 Å². The van der Waals surface area contributed by atoms with Gasteiger partial charge in [0, 0.05) is 30.0 Å². The van der Waals surface area contributed by atoms with Gasteiger partial charge in [-0.1, -0.05) is 0 Å². The first kappa shape index (κ1) is 21.5. The highest BCUT2D eigenvalue weighted by Gasteiger charge is 2.32. The standard InChI is InChI=1S/C13H12F3N3.C6H10N4O/c14-13(15,16)12-7-9(4-5-17-12)11-8-10-3-1-2-6-19(10)18-11;1-4(2)10-3-8-6(9-10)5(7)11/h4-5,7-8H,1-3,6H2;3-4H,1-2H3,(H2,7,11). The minimum absolute atomic E-state index is 0.0682. The number of amides is 1. The lowest BCUT2D eigenvalue weighted by atomic mass is 10.1. The number of alkyl halides is 3. The molecule has 1 aliphatic heterocycles. The van der Waals surface area contributed by atoms with Crippen LogP contribution in [0.4, 0.5) is 13.2 Å². The van der Waals surface area contributed by atoms with Crippen molar-refractivity contribution in [2.45, 2.75) is 51.9 Å². The third kappa shape index (κ3) is 5.02. The number of rotatable bonds is 3. The van der Waals surface area contributed by atoms with Gasteiger partial charge in [-0.3, -0.25) is 14.5 Å². The normalized spacial score (nSPS) is 13.5. The summed E-state index contributed by atoms with van der Waals surface area (Å²) in [6.45, 7) is 4.73. The van der Waals surface area contributed by atoms with Gasteiger partial charge in [-0.25, -0.2) is 9.67 Å². The van der Waals surface area contributed by atoms with E-state index in [1.165, 1.54) is 12.5 Å². The van der Waals surface area contributed by atoms with Crippen molar-refractivity contribution in [1.29, 1.82) is 0 Å². The summed E-state index contributed by atoms with van der Waals surface area (Å²) >= 11 is 0. The molecule has 30 heavy (non-hydrogen) atoms. The van der Waals surface area contributed by atoms with E-state index in [0.717, 1.165) is 37.6 Å². The third-order valence-corrected chi connectivity index (χ3v) is 4.52. The summed E-state index contributed by atoms with van der Waals surface area (Å²) in [5.74, 6) is -0.525. The molecule has 0 fully saturated rings. The van der Waals surface area contributed by atoms with E-state index >= 15 is 0 Å². The zero-order chi connectivity index (χ0) is 21.9. The summed E-state index contributed by atoms with van der Waals surface area (Å²) in [6.07, 6.45) is 1.36. The maximum absolute atomic E-state index is 12.6. The van der Waals surface area contributed by atoms with Crippen LogP contribution in [0.2, 0.25) is 0 Å². The van der Waals surface area contributed by atoms with Gasteiger partial charge in [-0.05, 0) is 51.3 Å². The number of halogens is 3. The predicted octanol–water partition coefficient (Wildman–Crippen LogP) is 3.26. The van der Waals surface area contributed by atoms with Crippen molar-refractivity contribution in [2.75, 3.05) is 0 Å². The number of carbonyl (C=O) groups excluding carboxylic acids is 1. The van der Waals surface area contributed by atoms with E-state index < -0.39 is 17.8 Å². The Morgan fingerprint density at radius 2 is 1.93 bits per heavy atom. The van der Waals surface area contributed by atoms with Crippen molar-refractivity contribution in [2.24, 2.45) is 5.73 Å². The molecule has 0 saturated carbocycles. The maximum Gasteiger partial charge on any atom is 0.433 e. The van der Waals surface area contributed by atoms with Crippen molar-refractivity contribution in [3.05, 3.63) is 47.9 Å². The predicted molar refractivity (Wildman–Crippen MR) is 102 cm³/mol. The van der Waals surface area contributed by atoms with Crippen LogP contribution < -0.4 is 5.73 Å². The first-order chi connectivity index (χ1) is 14.1. The van der Waals surface area contributed by atoms with Crippen LogP contribution in [-0.4, -0.2) is 35.4 Å². The molecular formula is C19H22F3N7O. The molecule has 0 radical (unpaired) electrons. The molecule has 4 rings (SSSR count). The second-order valence-electron chi connectivity index (χ2n) is 7.13. The Morgan fingerprint density at radius 3 is 2.50 bits per heavy atom. The molecule has 3 aromatic heterocycles. The lowest BCUT2D eigenvalue weighted by molar-refractivity contribution is -0.141. The van der Waals surface area contributed by atoms with E-state index in [1.807, 2.05) is 24.6 Å². The summed E-state index contributed by atoms with van der Waals surface area (Å²) in [5.41, 5.74) is 6.21. The number of carbonyl (C=O) groups is 1. The number of hydrogen-bond acceptors (Lipinski definition) is 5. The second kappa shape index (κ2) is 8.64. The lowest BCUT2D eigenvalue weighted by Crippen LogP contribution is -2.14. The van der Waals surface area contributed by atoms with Crippen molar-refractivity contribution >= 4 is 5.91 Å². The van der Waals surface area contributed by atoms with Crippen molar-refractivity contribution < 1.29 is 18.0 Å². The Balaban J connectivity index is 0.000000199. The molecule has 11 heteroatoms. The van der Waals surface area contributed by atoms with Crippen molar-refractivity contribution in [3.8, 4) is 11.3 Å². The van der Waals surface area contributed by atoms with Crippen molar-refractivity contribution in [3.63, 3.8) is 0 Å². The Kier molecular flexibility index (Phi) is 6.18. The third-order valence-electron chi connectivity index (χ3n) is 4.52. The highest BCUT2D eigenvalue weighted by molar-refractivity contribution is 5.88. The fraction of sp³-hybridized carbons (Fsp3) is 0.421. The van der Waals surface area contributed by atoms with Gasteiger partial charge in [0.15, 0.2) is 0 Å². The van der Waals surface area contributed by atoms with Crippen LogP contribution in [0.25, 0.3) is 11.3 Å². The molecule has 0 aromatic carbocycles. The molecule has 0 unspecified atom stereocenters. The summed E-state index contributed by atoms with van der Waals surface area (Å²) in [5, 5.41) is 8.21. The SMILES string of the molecule is CC(C)n1cnc(C(N)=O)n1.FC(F)(F)c1cc(-c2cc3n(n2)CCCC3)ccn1. The fourth-order valence-electron chi connectivity index (χ4n) is 2.94. The Morgan fingerprint density at radius 1 is 1.17 bits per heavy atom. The van der Waals surface area contributed by atoms with E-state index in [1.54, 1.807) is 10.7 Å². The molecule has 0 spiro atoms. The number of nitrogens with two attached hydrogens (primary N) is 1. The van der Waals surface area contributed by atoms with Crippen LogP contribution >= 0.6 is 0 Å². The molecule has 4 heterocycles. The van der Waals surface area contributed by atoms with Gasteiger partial charge in [-0.15, -0.1) is 5.10 Å². The van der Waals surface area contributed by atoms with Gasteiger partial charge in [0.05, 0.1) is 5.69 Å². The van der Waals surface area contributed by atoms with E-state index in [0.29, 0.717) is 11.3 Å². The summed E-state index contributed by atoms with van der Waals surface area (Å²) in [6, 6.07) is 4.68. The van der Waals surface area contributed by atoms with Gasteiger partial charge >= 0.3 is 6.18 Å². The van der Waals surface area contributed by atoms with Crippen molar-refractivity contribution in [1.82, 2.24) is 29.5 Å². The monoisotopic (exact) mass is 421 g/mol. The van der Waals surface area contributed by atoms with Crippen LogP contribution in [0.5, 0.6) is 0 Å². The minimum Gasteiger partial charge on any atom is -0.363 e. The fourth-order valence-corrected chi connectivity index (χ4v) is 2.94. The molecule has 160 valence electrons. The topological polar surface area (TPSA) is 105 Å². The highest BCUT2D eigenvalue weighted by atomic mass is 19.4. The molecular weight excluding hydrogens is 399 g/mol. The summed E-state index contributed by atoms with van der Waals surface area (Å²) in [4.78, 5) is 17.6. The maximum atomic E-state index is 12.6. The van der Waals surface area contributed by atoms with Gasteiger partial charge in [0.1, 0.15) is 12.0 Å². The molecule has 0 saturated heterocycles. The number of pyridine rings is 1. The number of aryl methyl sites for hydroxylation is 2. The molecule has 1 aliphatic rings. The molecule has 0 atom stereocenters. The molecule has 0 bridgehead atoms. The number of nitrogens with zero attached hydrogens (tertiary/aromatic N) is 6. The minimum atomic E-state index is -4.42. The number of primary amides is 1. The average molecular weight is 421 g/mol. The second-order valence-corrected chi connectivity index (χ2v) is 7.13. The first-order valence-electron chi connectivity index (χ1n) is 9.46. The lowest BCUT2D eigenvalue weighted by Gasteiger charge is -2.11. The van der Waals surface area contributed by atoms with Gasteiger partial charge in [0.2, 0.25) is 5.82 Å². The zero-order valence-corrected chi connectivity index (χ0v) is 16.6. The van der Waals surface area contributed by atoms with E-state index in [4.69, 9.17) is 5.73 Å². The van der Waals surface area contributed by atoms with Crippen LogP contribution in [0.1, 0.15) is 54.7 Å². The highest BCUT2D eigenvalue weighted by Crippen LogP contribution is 2.30. The van der Waals surface area contributed by atoms with Gasteiger partial charge < -0.3 is 5.73 Å². The molecule has 1 amide bonds. The van der Waals surface area contributed by atoms with Crippen LogP contribution in [0, 0.1) is 0 Å². The first-order valence-corrected chi connectivity index (χ1v) is 9.46. The van der Waals surface area contributed by atoms with Crippen LogP contribution in [0.15, 0.2) is 30.7 Å².